The largest absolute Gasteiger partial charge is 0.496 e. The van der Waals surface area contributed by atoms with Crippen LogP contribution in [0.25, 0.3) is 0 Å². The van der Waals surface area contributed by atoms with Crippen molar-refractivity contribution >= 4 is 46.5 Å². The monoisotopic (exact) mass is 344 g/mol. The van der Waals surface area contributed by atoms with Gasteiger partial charge in [-0.2, -0.15) is 0 Å². The zero-order valence-corrected chi connectivity index (χ0v) is 13.8. The molecule has 0 heterocycles. The van der Waals surface area contributed by atoms with Crippen molar-refractivity contribution < 1.29 is 19.4 Å². The normalized spacial score (nSPS) is 9.95. The maximum atomic E-state index is 11.6. The predicted molar refractivity (Wildman–Crippen MR) is 88.9 cm³/mol. The summed E-state index contributed by atoms with van der Waals surface area (Å²) >= 11 is 11.0. The summed E-state index contributed by atoms with van der Waals surface area (Å²) in [4.78, 5) is 22.7. The molecule has 22 heavy (non-hydrogen) atoms. The first-order chi connectivity index (χ1) is 10.4. The fraction of sp³-hybridized carbons (Fsp3) is 0.357. The van der Waals surface area contributed by atoms with Crippen molar-refractivity contribution in [2.75, 3.05) is 12.4 Å². The van der Waals surface area contributed by atoms with Crippen molar-refractivity contribution in [1.29, 1.82) is 0 Å². The van der Waals surface area contributed by atoms with Gasteiger partial charge < -0.3 is 20.5 Å². The average Bonchev–Trinajstić information content (AvgIpc) is 2.46. The van der Waals surface area contributed by atoms with Crippen LogP contribution in [0.4, 0.5) is 5.69 Å². The molecule has 0 fully saturated rings. The van der Waals surface area contributed by atoms with Gasteiger partial charge in [0.2, 0.25) is 5.91 Å². The molecule has 120 valence electrons. The molecule has 1 aromatic rings. The van der Waals surface area contributed by atoms with Gasteiger partial charge in [0.25, 0.3) is 0 Å². The number of rotatable bonds is 6. The lowest BCUT2D eigenvalue weighted by Crippen LogP contribution is -2.34. The Morgan fingerprint density at radius 3 is 2.64 bits per heavy atom. The van der Waals surface area contributed by atoms with Crippen LogP contribution < -0.4 is 15.4 Å². The molecule has 6 nitrogen and oxygen atoms in total. The van der Waals surface area contributed by atoms with E-state index < -0.39 is 5.97 Å². The topological polar surface area (TPSA) is 87.7 Å². The van der Waals surface area contributed by atoms with Crippen LogP contribution in [0, 0.1) is 0 Å². The first kappa shape index (κ1) is 18.2. The highest BCUT2D eigenvalue weighted by molar-refractivity contribution is 7.80. The Hall–Kier alpha value is -1.86. The standard InChI is InChI=1S/C14H17ClN2O4S/c1-3-4-5-12(18)17-14(22)16-10-7-11(21-2)8(13(19)20)6-9(10)15/h6-7H,3-5H2,1-2H3,(H,19,20)(H2,16,17,18,22). The number of hydrogen-bond acceptors (Lipinski definition) is 4. The van der Waals surface area contributed by atoms with Crippen LogP contribution in [-0.2, 0) is 4.79 Å². The van der Waals surface area contributed by atoms with Crippen molar-refractivity contribution in [3.8, 4) is 5.75 Å². The second kappa shape index (κ2) is 8.55. The van der Waals surface area contributed by atoms with Gasteiger partial charge in [-0.05, 0) is 24.7 Å². The quantitative estimate of drug-likeness (QED) is 0.687. The molecule has 0 aliphatic carbocycles. The number of carboxylic acids is 1. The van der Waals surface area contributed by atoms with Crippen molar-refractivity contribution in [3.05, 3.63) is 22.7 Å². The van der Waals surface area contributed by atoms with E-state index in [0.29, 0.717) is 12.1 Å². The zero-order valence-electron chi connectivity index (χ0n) is 12.2. The lowest BCUT2D eigenvalue weighted by molar-refractivity contribution is -0.119. The first-order valence-electron chi connectivity index (χ1n) is 6.60. The number of carbonyl (C=O) groups excluding carboxylic acids is 1. The van der Waals surface area contributed by atoms with E-state index in [-0.39, 0.29) is 27.4 Å². The van der Waals surface area contributed by atoms with E-state index >= 15 is 0 Å². The highest BCUT2D eigenvalue weighted by Crippen LogP contribution is 2.30. The molecule has 0 spiro atoms. The SMILES string of the molecule is CCCCC(=O)NC(=S)Nc1cc(OC)c(C(=O)O)cc1Cl. The highest BCUT2D eigenvalue weighted by Gasteiger charge is 2.16. The molecular weight excluding hydrogens is 328 g/mol. The number of hydrogen-bond donors (Lipinski definition) is 3. The Kier molecular flexibility index (Phi) is 7.07. The third-order valence-electron chi connectivity index (χ3n) is 2.78. The molecule has 3 N–H and O–H groups in total. The molecule has 0 radical (unpaired) electrons. The lowest BCUT2D eigenvalue weighted by Gasteiger charge is -2.13. The van der Waals surface area contributed by atoms with Gasteiger partial charge >= 0.3 is 5.97 Å². The number of methoxy groups -OCH3 is 1. The molecule has 0 bridgehead atoms. The van der Waals surface area contributed by atoms with Gasteiger partial charge in [-0.3, -0.25) is 4.79 Å². The van der Waals surface area contributed by atoms with Crippen molar-refractivity contribution in [2.45, 2.75) is 26.2 Å². The third kappa shape index (κ3) is 5.16. The molecule has 1 aromatic carbocycles. The molecule has 0 aliphatic heterocycles. The van der Waals surface area contributed by atoms with Gasteiger partial charge in [-0.1, -0.05) is 24.9 Å². The molecule has 0 aliphatic rings. The van der Waals surface area contributed by atoms with Crippen LogP contribution in [0.3, 0.4) is 0 Å². The molecule has 0 saturated carbocycles. The maximum Gasteiger partial charge on any atom is 0.339 e. The summed E-state index contributed by atoms with van der Waals surface area (Å²) in [5.74, 6) is -1.20. The number of carboxylic acid groups (broad SMARTS) is 1. The summed E-state index contributed by atoms with van der Waals surface area (Å²) in [7, 11) is 1.35. The van der Waals surface area contributed by atoms with Gasteiger partial charge in [0.05, 0.1) is 17.8 Å². The van der Waals surface area contributed by atoms with Crippen LogP contribution in [0.1, 0.15) is 36.5 Å². The van der Waals surface area contributed by atoms with Crippen molar-refractivity contribution in [2.24, 2.45) is 0 Å². The van der Waals surface area contributed by atoms with Crippen LogP contribution in [0.2, 0.25) is 5.02 Å². The maximum absolute atomic E-state index is 11.6. The number of amides is 1. The fourth-order valence-corrected chi connectivity index (χ4v) is 2.10. The molecule has 0 saturated heterocycles. The Morgan fingerprint density at radius 2 is 2.09 bits per heavy atom. The van der Waals surface area contributed by atoms with E-state index in [1.807, 2.05) is 6.92 Å². The van der Waals surface area contributed by atoms with Crippen molar-refractivity contribution in [1.82, 2.24) is 5.32 Å². The van der Waals surface area contributed by atoms with Gasteiger partial charge in [-0.25, -0.2) is 4.79 Å². The third-order valence-corrected chi connectivity index (χ3v) is 3.29. The van der Waals surface area contributed by atoms with Gasteiger partial charge in [0, 0.05) is 12.5 Å². The molecule has 0 atom stereocenters. The summed E-state index contributed by atoms with van der Waals surface area (Å²) < 4.78 is 5.01. The summed E-state index contributed by atoms with van der Waals surface area (Å²) in [6.45, 7) is 1.99. The number of halogens is 1. The predicted octanol–water partition coefficient (Wildman–Crippen LogP) is 3.05. The Balaban J connectivity index is 2.83. The molecule has 1 rings (SSSR count). The molecule has 1 amide bonds. The van der Waals surface area contributed by atoms with E-state index in [0.717, 1.165) is 12.8 Å². The second-order valence-corrected chi connectivity index (χ2v) is 5.26. The number of unbranched alkanes of at least 4 members (excludes halogenated alkanes) is 1. The number of aromatic carboxylic acids is 1. The minimum Gasteiger partial charge on any atom is -0.496 e. The van der Waals surface area contributed by atoms with Crippen molar-refractivity contribution in [3.63, 3.8) is 0 Å². The van der Waals surface area contributed by atoms with E-state index in [1.54, 1.807) is 0 Å². The first-order valence-corrected chi connectivity index (χ1v) is 7.39. The van der Waals surface area contributed by atoms with Gasteiger partial charge in [0.15, 0.2) is 5.11 Å². The summed E-state index contributed by atoms with van der Waals surface area (Å²) in [5.41, 5.74) is 0.292. The van der Waals surface area contributed by atoms with Gasteiger partial charge in [-0.15, -0.1) is 0 Å². The van der Waals surface area contributed by atoms with Crippen LogP contribution in [-0.4, -0.2) is 29.2 Å². The summed E-state index contributed by atoms with van der Waals surface area (Å²) in [5, 5.41) is 14.6. The number of anilines is 1. The average molecular weight is 345 g/mol. The number of nitrogens with one attached hydrogen (secondary N) is 2. The number of benzene rings is 1. The summed E-state index contributed by atoms with van der Waals surface area (Å²) in [6, 6.07) is 2.67. The van der Waals surface area contributed by atoms with E-state index in [9.17, 15) is 9.59 Å². The summed E-state index contributed by atoms with van der Waals surface area (Å²) in [6.07, 6.45) is 2.07. The van der Waals surface area contributed by atoms with E-state index in [4.69, 9.17) is 33.7 Å². The Bertz CT molecular complexity index is 592. The second-order valence-electron chi connectivity index (χ2n) is 4.44. The molecule has 0 aromatic heterocycles. The Morgan fingerprint density at radius 1 is 1.41 bits per heavy atom. The number of carbonyl (C=O) groups is 2. The molecule has 0 unspecified atom stereocenters. The fourth-order valence-electron chi connectivity index (χ4n) is 1.67. The van der Waals surface area contributed by atoms with E-state index in [2.05, 4.69) is 10.6 Å². The van der Waals surface area contributed by atoms with Crippen LogP contribution in [0.15, 0.2) is 12.1 Å². The number of thiocarbonyl (C=S) groups is 1. The van der Waals surface area contributed by atoms with Gasteiger partial charge in [0.1, 0.15) is 11.3 Å². The minimum absolute atomic E-state index is 0.0593. The number of ether oxygens (including phenoxy) is 1. The Labute approximate surface area is 138 Å². The molecular formula is C14H17ClN2O4S. The molecule has 8 heteroatoms. The van der Waals surface area contributed by atoms with Crippen LogP contribution >= 0.6 is 23.8 Å². The zero-order chi connectivity index (χ0) is 16.7. The van der Waals surface area contributed by atoms with Crippen LogP contribution in [0.5, 0.6) is 5.75 Å². The smallest absolute Gasteiger partial charge is 0.339 e. The highest BCUT2D eigenvalue weighted by atomic mass is 35.5. The minimum atomic E-state index is -1.15. The van der Waals surface area contributed by atoms with E-state index in [1.165, 1.54) is 19.2 Å². The lowest BCUT2D eigenvalue weighted by atomic mass is 10.2.